The number of carboxylic acid groups (broad SMARTS) is 1. The van der Waals surface area contributed by atoms with E-state index in [2.05, 4.69) is 20.1 Å². The molecule has 6 nitrogen and oxygen atoms in total. The zero-order valence-corrected chi connectivity index (χ0v) is 23.9. The summed E-state index contributed by atoms with van der Waals surface area (Å²) in [6.07, 6.45) is 12.0. The molecule has 0 spiro atoms. The summed E-state index contributed by atoms with van der Waals surface area (Å²) in [6, 6.07) is 0. The van der Waals surface area contributed by atoms with E-state index in [-0.39, 0.29) is 23.5 Å². The second-order valence-corrected chi connectivity index (χ2v) is 9.84. The van der Waals surface area contributed by atoms with Gasteiger partial charge >= 0.3 is 23.0 Å². The first-order valence-corrected chi connectivity index (χ1v) is 12.6. The quantitative estimate of drug-likeness (QED) is 0.332. The van der Waals surface area contributed by atoms with Gasteiger partial charge in [0.15, 0.2) is 0 Å². The molecular weight excluding hydrogens is 528 g/mol. The molecule has 198 valence electrons. The summed E-state index contributed by atoms with van der Waals surface area (Å²) in [4.78, 5) is 31.2. The fourth-order valence-electron chi connectivity index (χ4n) is 5.14. The van der Waals surface area contributed by atoms with Gasteiger partial charge in [-0.2, -0.15) is 0 Å². The summed E-state index contributed by atoms with van der Waals surface area (Å²) in [7, 11) is 0. The normalized spacial score (nSPS) is 15.4. The molecule has 39 heavy (non-hydrogen) atoms. The smallest absolute Gasteiger partial charge is 0.657 e. The Morgan fingerprint density at radius 3 is 1.77 bits per heavy atom. The number of hydrogen-bond acceptors (Lipinski definition) is 1. The second kappa shape index (κ2) is 10.7. The van der Waals surface area contributed by atoms with Crippen LogP contribution in [0.15, 0.2) is 13.2 Å². The van der Waals surface area contributed by atoms with E-state index in [1.165, 1.54) is 0 Å². The number of aromatic nitrogens is 4. The summed E-state index contributed by atoms with van der Waals surface area (Å²) in [5.41, 5.74) is 11.1. The molecule has 0 saturated carbocycles. The van der Waals surface area contributed by atoms with Gasteiger partial charge in [-0.3, -0.25) is 4.79 Å². The molecule has 0 saturated heterocycles. The van der Waals surface area contributed by atoms with Gasteiger partial charge in [0.1, 0.15) is 0 Å². The minimum absolute atomic E-state index is 0. The van der Waals surface area contributed by atoms with Crippen LogP contribution in [-0.2, 0) is 28.3 Å². The maximum atomic E-state index is 11.4. The van der Waals surface area contributed by atoms with Gasteiger partial charge < -0.3 is 25.0 Å². The number of hydrogen-bond donors (Lipinski definition) is 1. The van der Waals surface area contributed by atoms with Crippen molar-refractivity contribution >= 4 is 42.4 Å². The van der Waals surface area contributed by atoms with Crippen molar-refractivity contribution in [3.05, 3.63) is 102 Å². The van der Waals surface area contributed by atoms with Crippen LogP contribution in [0.4, 0.5) is 0 Å². The van der Waals surface area contributed by atoms with Gasteiger partial charge in [0.2, 0.25) is 0 Å². The van der Waals surface area contributed by atoms with Crippen molar-refractivity contribution in [2.24, 2.45) is 0 Å². The van der Waals surface area contributed by atoms with E-state index in [4.69, 9.17) is 19.9 Å². The van der Waals surface area contributed by atoms with Gasteiger partial charge in [-0.1, -0.05) is 83.0 Å². The van der Waals surface area contributed by atoms with Crippen molar-refractivity contribution in [1.29, 1.82) is 0 Å². The largest absolute Gasteiger partial charge is 4.00 e. The molecule has 4 aromatic heterocycles. The number of carboxylic acids is 1. The standard InChI is InChI=1S/C32H30N4O2.Fe/c1-8-21-18(5)26-12-27-20(7)23(10-11-32(37)38)31(36-27)14-25-17(4)16(3)24(33-25)13-29-22(9-2)19(6)28(35-29)15-30(21)34-26;/h8-9,12-15H,1-2,10-11H2,3-7H3,(H,37,38);/q-4;+4/b24-13-,25-14-,26-12-,27-12?,28-15?,29-13?,30-15-,31-14?;. The molecule has 1 N–H and O–H groups in total. The number of aliphatic carboxylic acids is 1. The minimum atomic E-state index is -0.838. The van der Waals surface area contributed by atoms with Crippen LogP contribution in [0.2, 0.25) is 0 Å². The van der Waals surface area contributed by atoms with Crippen molar-refractivity contribution in [2.75, 3.05) is 0 Å². The molecule has 7 heteroatoms. The van der Waals surface area contributed by atoms with Gasteiger partial charge in [-0.05, 0) is 52.2 Å². The van der Waals surface area contributed by atoms with Gasteiger partial charge in [0.05, 0.1) is 0 Å². The van der Waals surface area contributed by atoms with Crippen LogP contribution < -0.4 is 41.3 Å². The summed E-state index contributed by atoms with van der Waals surface area (Å²) >= 11 is 0. The average Bonchev–Trinajstić information content (AvgIpc) is 3.52. The molecule has 5 rings (SSSR count). The van der Waals surface area contributed by atoms with E-state index < -0.39 is 5.97 Å². The SMILES string of the molecule is C=Cc1c2[n-]c(c1C)/C=c1\[n-]/c(c(C)c1C=C)=C\c1[n-]c(c(CCC(=O)O)c1C)/C=c1\[n-]/c(c(C)c1C)=C\2.[Fe+4]. The predicted molar refractivity (Wildman–Crippen MR) is 152 cm³/mol. The molecule has 1 aliphatic heterocycles. The van der Waals surface area contributed by atoms with E-state index >= 15 is 0 Å². The fourth-order valence-corrected chi connectivity index (χ4v) is 5.14. The van der Waals surface area contributed by atoms with Crippen molar-refractivity contribution in [3.8, 4) is 0 Å². The van der Waals surface area contributed by atoms with Crippen molar-refractivity contribution in [3.63, 3.8) is 0 Å². The van der Waals surface area contributed by atoms with E-state index in [1.807, 2.05) is 64.2 Å². The van der Waals surface area contributed by atoms with Gasteiger partial charge in [-0.15, -0.1) is 44.2 Å². The Labute approximate surface area is 238 Å². The molecule has 1 aliphatic rings. The van der Waals surface area contributed by atoms with E-state index in [1.54, 1.807) is 0 Å². The van der Waals surface area contributed by atoms with E-state index in [9.17, 15) is 9.90 Å². The number of rotatable bonds is 5. The summed E-state index contributed by atoms with van der Waals surface area (Å²) < 4.78 is 0. The molecule has 8 bridgehead atoms. The zero-order chi connectivity index (χ0) is 27.3. The fraction of sp³-hybridized carbons (Fsp3) is 0.219. The Balaban J connectivity index is 0.00000353. The molecule has 5 heterocycles. The van der Waals surface area contributed by atoms with Crippen LogP contribution >= 0.6 is 0 Å². The Morgan fingerprint density at radius 2 is 1.15 bits per heavy atom. The van der Waals surface area contributed by atoms with Crippen LogP contribution in [-0.4, -0.2) is 11.1 Å². The Hall–Kier alpha value is -3.93. The molecule has 0 aromatic carbocycles. The van der Waals surface area contributed by atoms with Gasteiger partial charge in [-0.25, -0.2) is 0 Å². The van der Waals surface area contributed by atoms with Crippen LogP contribution in [0.1, 0.15) is 73.7 Å². The van der Waals surface area contributed by atoms with Crippen molar-refractivity contribution < 1.29 is 27.0 Å². The molecular formula is C32H30FeN4O2. The molecule has 0 fully saturated rings. The summed E-state index contributed by atoms with van der Waals surface area (Å²) in [5.74, 6) is -0.838. The Bertz CT molecular complexity index is 1890. The van der Waals surface area contributed by atoms with Crippen molar-refractivity contribution in [2.45, 2.75) is 47.5 Å². The maximum absolute atomic E-state index is 11.4. The molecule has 0 radical (unpaired) electrons. The molecule has 0 atom stereocenters. The summed E-state index contributed by atoms with van der Waals surface area (Å²) in [6.45, 7) is 18.2. The third-order valence-electron chi connectivity index (χ3n) is 7.66. The third kappa shape index (κ3) is 4.84. The average molecular weight is 558 g/mol. The summed E-state index contributed by atoms with van der Waals surface area (Å²) in [5, 5.41) is 12.6. The van der Waals surface area contributed by atoms with E-state index in [0.29, 0.717) is 6.42 Å². The minimum Gasteiger partial charge on any atom is -0.657 e. The molecule has 0 aliphatic carbocycles. The topological polar surface area (TPSA) is 93.7 Å². The number of fused-ring (bicyclic) bond motifs is 8. The van der Waals surface area contributed by atoms with E-state index in [0.717, 1.165) is 88.7 Å². The Kier molecular flexibility index (Phi) is 7.69. The van der Waals surface area contributed by atoms with Crippen LogP contribution in [0.3, 0.4) is 0 Å². The first-order chi connectivity index (χ1) is 18.1. The zero-order valence-electron chi connectivity index (χ0n) is 22.8. The monoisotopic (exact) mass is 558 g/mol. The maximum Gasteiger partial charge on any atom is 4.00 e. The number of nitrogens with zero attached hydrogens (tertiary/aromatic N) is 4. The predicted octanol–water partition coefficient (Wildman–Crippen LogP) is 1.99. The molecule has 4 aromatic rings. The molecule has 0 unspecified atom stereocenters. The first-order valence-electron chi connectivity index (χ1n) is 12.6. The first kappa shape index (κ1) is 28.1. The molecule has 0 amide bonds. The van der Waals surface area contributed by atoms with Crippen LogP contribution in [0.25, 0.3) is 36.5 Å². The van der Waals surface area contributed by atoms with Crippen LogP contribution in [0, 0.1) is 34.6 Å². The Morgan fingerprint density at radius 1 is 0.667 bits per heavy atom. The van der Waals surface area contributed by atoms with Crippen LogP contribution in [0.5, 0.6) is 0 Å². The van der Waals surface area contributed by atoms with Crippen molar-refractivity contribution in [1.82, 2.24) is 19.9 Å². The van der Waals surface area contributed by atoms with Gasteiger partial charge in [0.25, 0.3) is 0 Å². The third-order valence-corrected chi connectivity index (χ3v) is 7.66. The number of carbonyl (C=O) groups is 1. The van der Waals surface area contributed by atoms with Gasteiger partial charge in [0, 0.05) is 6.42 Å². The second-order valence-electron chi connectivity index (χ2n) is 9.84.